The maximum atomic E-state index is 12.8. The first-order valence-corrected chi connectivity index (χ1v) is 7.90. The highest BCUT2D eigenvalue weighted by Gasteiger charge is 2.23. The van der Waals surface area contributed by atoms with Crippen molar-refractivity contribution in [1.29, 1.82) is 0 Å². The minimum absolute atomic E-state index is 0.0392. The van der Waals surface area contributed by atoms with E-state index in [2.05, 4.69) is 5.32 Å². The molecule has 0 aromatic heterocycles. The van der Waals surface area contributed by atoms with Crippen LogP contribution in [-0.4, -0.2) is 18.4 Å². The highest BCUT2D eigenvalue weighted by Crippen LogP contribution is 2.30. The number of benzene rings is 2. The van der Waals surface area contributed by atoms with E-state index >= 15 is 0 Å². The van der Waals surface area contributed by atoms with Gasteiger partial charge in [-0.3, -0.25) is 9.59 Å². The van der Waals surface area contributed by atoms with Crippen LogP contribution in [0.4, 0.5) is 11.4 Å². The van der Waals surface area contributed by atoms with Crippen LogP contribution in [0, 0.1) is 0 Å². The van der Waals surface area contributed by atoms with Gasteiger partial charge in [-0.05, 0) is 60.9 Å². The zero-order valence-electron chi connectivity index (χ0n) is 12.8. The molecule has 118 valence electrons. The number of amides is 2. The molecule has 1 aliphatic rings. The summed E-state index contributed by atoms with van der Waals surface area (Å²) in [4.78, 5) is 25.6. The lowest BCUT2D eigenvalue weighted by Crippen LogP contribution is -2.35. The maximum Gasteiger partial charge on any atom is 0.258 e. The Morgan fingerprint density at radius 1 is 1.13 bits per heavy atom. The van der Waals surface area contributed by atoms with Gasteiger partial charge in [-0.25, -0.2) is 0 Å². The van der Waals surface area contributed by atoms with Gasteiger partial charge in [0.2, 0.25) is 5.91 Å². The fourth-order valence-electron chi connectivity index (χ4n) is 2.83. The average Bonchev–Trinajstić information content (AvgIpc) is 2.53. The molecule has 23 heavy (non-hydrogen) atoms. The summed E-state index contributed by atoms with van der Waals surface area (Å²) in [6, 6.07) is 12.6. The molecule has 2 amide bonds. The third-order valence-electron chi connectivity index (χ3n) is 3.86. The topological polar surface area (TPSA) is 49.4 Å². The molecule has 1 aliphatic heterocycles. The molecule has 0 unspecified atom stereocenters. The van der Waals surface area contributed by atoms with Crippen molar-refractivity contribution in [2.75, 3.05) is 16.8 Å². The van der Waals surface area contributed by atoms with E-state index in [-0.39, 0.29) is 11.8 Å². The van der Waals surface area contributed by atoms with Crippen molar-refractivity contribution in [2.24, 2.45) is 0 Å². The Morgan fingerprint density at radius 3 is 2.57 bits per heavy atom. The number of aryl methyl sites for hydroxylation is 1. The number of halogens is 1. The van der Waals surface area contributed by atoms with Crippen molar-refractivity contribution in [1.82, 2.24) is 0 Å². The Morgan fingerprint density at radius 2 is 1.87 bits per heavy atom. The van der Waals surface area contributed by atoms with E-state index in [9.17, 15) is 9.59 Å². The molecule has 0 saturated heterocycles. The van der Waals surface area contributed by atoms with Gasteiger partial charge in [0.15, 0.2) is 0 Å². The molecular weight excluding hydrogens is 312 g/mol. The highest BCUT2D eigenvalue weighted by atomic mass is 35.5. The van der Waals surface area contributed by atoms with Crippen LogP contribution < -0.4 is 10.2 Å². The fraction of sp³-hybridized carbons (Fsp3) is 0.222. The molecule has 0 bridgehead atoms. The number of carbonyl (C=O) groups is 2. The molecule has 0 atom stereocenters. The third kappa shape index (κ3) is 3.37. The standard InChI is InChI=1S/C18H17ClN2O2/c1-12(22)20-16-7-4-13(5-8-16)18(23)21-10-2-3-14-11-15(19)6-9-17(14)21/h4-9,11H,2-3,10H2,1H3,(H,20,22). The summed E-state index contributed by atoms with van der Waals surface area (Å²) in [5.74, 6) is -0.173. The largest absolute Gasteiger partial charge is 0.326 e. The monoisotopic (exact) mass is 328 g/mol. The van der Waals surface area contributed by atoms with Gasteiger partial charge < -0.3 is 10.2 Å². The van der Waals surface area contributed by atoms with E-state index < -0.39 is 0 Å². The molecule has 0 radical (unpaired) electrons. The van der Waals surface area contributed by atoms with Gasteiger partial charge in [-0.1, -0.05) is 11.6 Å². The van der Waals surface area contributed by atoms with Gasteiger partial charge in [0.25, 0.3) is 5.91 Å². The number of hydrogen-bond donors (Lipinski definition) is 1. The first-order valence-electron chi connectivity index (χ1n) is 7.52. The SMILES string of the molecule is CC(=O)Nc1ccc(C(=O)N2CCCc3cc(Cl)ccc32)cc1. The molecule has 1 N–H and O–H groups in total. The molecule has 0 aliphatic carbocycles. The summed E-state index contributed by atoms with van der Waals surface area (Å²) in [5.41, 5.74) is 3.31. The van der Waals surface area contributed by atoms with Gasteiger partial charge in [-0.2, -0.15) is 0 Å². The molecule has 2 aromatic rings. The van der Waals surface area contributed by atoms with Crippen LogP contribution in [0.3, 0.4) is 0 Å². The number of fused-ring (bicyclic) bond motifs is 1. The molecule has 0 saturated carbocycles. The van der Waals surface area contributed by atoms with Crippen molar-refractivity contribution < 1.29 is 9.59 Å². The summed E-state index contributed by atoms with van der Waals surface area (Å²) in [6.07, 6.45) is 1.85. The van der Waals surface area contributed by atoms with Crippen LogP contribution in [0.1, 0.15) is 29.3 Å². The van der Waals surface area contributed by atoms with E-state index in [0.717, 1.165) is 24.1 Å². The summed E-state index contributed by atoms with van der Waals surface area (Å²) in [6.45, 7) is 2.15. The Hall–Kier alpha value is -2.33. The van der Waals surface area contributed by atoms with Gasteiger partial charge in [0, 0.05) is 35.4 Å². The van der Waals surface area contributed by atoms with Crippen molar-refractivity contribution in [2.45, 2.75) is 19.8 Å². The maximum absolute atomic E-state index is 12.8. The quantitative estimate of drug-likeness (QED) is 0.909. The third-order valence-corrected chi connectivity index (χ3v) is 4.09. The van der Waals surface area contributed by atoms with E-state index in [0.29, 0.717) is 22.8 Å². The normalized spacial score (nSPS) is 13.4. The second kappa shape index (κ2) is 6.42. The van der Waals surface area contributed by atoms with Crippen molar-refractivity contribution in [3.8, 4) is 0 Å². The zero-order chi connectivity index (χ0) is 16.4. The molecule has 0 spiro atoms. The summed E-state index contributed by atoms with van der Waals surface area (Å²) >= 11 is 6.04. The lowest BCUT2D eigenvalue weighted by Gasteiger charge is -2.29. The molecule has 0 fully saturated rings. The fourth-order valence-corrected chi connectivity index (χ4v) is 3.03. The number of nitrogens with zero attached hydrogens (tertiary/aromatic N) is 1. The van der Waals surface area contributed by atoms with Gasteiger partial charge in [0.05, 0.1) is 0 Å². The van der Waals surface area contributed by atoms with Crippen molar-refractivity contribution in [3.63, 3.8) is 0 Å². The Bertz CT molecular complexity index is 756. The Kier molecular flexibility index (Phi) is 4.35. The Labute approximate surface area is 140 Å². The second-order valence-electron chi connectivity index (χ2n) is 5.59. The van der Waals surface area contributed by atoms with Crippen molar-refractivity contribution in [3.05, 3.63) is 58.6 Å². The van der Waals surface area contributed by atoms with Crippen LogP contribution >= 0.6 is 11.6 Å². The predicted molar refractivity (Wildman–Crippen MR) is 92.2 cm³/mol. The average molecular weight is 329 g/mol. The van der Waals surface area contributed by atoms with Crippen molar-refractivity contribution >= 4 is 34.8 Å². The molecule has 3 rings (SSSR count). The summed E-state index contributed by atoms with van der Waals surface area (Å²) < 4.78 is 0. The molecule has 5 heteroatoms. The molecule has 4 nitrogen and oxygen atoms in total. The number of rotatable bonds is 2. The van der Waals surface area contributed by atoms with Crippen LogP contribution in [0.15, 0.2) is 42.5 Å². The van der Waals surface area contributed by atoms with E-state index in [4.69, 9.17) is 11.6 Å². The van der Waals surface area contributed by atoms with Crippen LogP contribution in [0.5, 0.6) is 0 Å². The Balaban J connectivity index is 1.85. The van der Waals surface area contributed by atoms with Gasteiger partial charge >= 0.3 is 0 Å². The first kappa shape index (κ1) is 15.6. The van der Waals surface area contributed by atoms with E-state index in [1.807, 2.05) is 18.2 Å². The smallest absolute Gasteiger partial charge is 0.258 e. The minimum Gasteiger partial charge on any atom is -0.326 e. The second-order valence-corrected chi connectivity index (χ2v) is 6.03. The number of hydrogen-bond acceptors (Lipinski definition) is 2. The van der Waals surface area contributed by atoms with E-state index in [1.54, 1.807) is 29.2 Å². The van der Waals surface area contributed by atoms with Gasteiger partial charge in [0.1, 0.15) is 0 Å². The van der Waals surface area contributed by atoms with Crippen LogP contribution in [0.25, 0.3) is 0 Å². The number of anilines is 2. The predicted octanol–water partition coefficient (Wildman–Crippen LogP) is 3.89. The summed E-state index contributed by atoms with van der Waals surface area (Å²) in [7, 11) is 0. The number of carbonyl (C=O) groups excluding carboxylic acids is 2. The minimum atomic E-state index is -0.133. The lowest BCUT2D eigenvalue weighted by molar-refractivity contribution is -0.114. The molecule has 1 heterocycles. The summed E-state index contributed by atoms with van der Waals surface area (Å²) in [5, 5.41) is 3.39. The first-order chi connectivity index (χ1) is 11.0. The van der Waals surface area contributed by atoms with Crippen LogP contribution in [0.2, 0.25) is 5.02 Å². The number of nitrogens with one attached hydrogen (secondary N) is 1. The van der Waals surface area contributed by atoms with Gasteiger partial charge in [-0.15, -0.1) is 0 Å². The highest BCUT2D eigenvalue weighted by molar-refractivity contribution is 6.30. The lowest BCUT2D eigenvalue weighted by atomic mass is 10.0. The molecule has 2 aromatic carbocycles. The molecular formula is C18H17ClN2O2. The van der Waals surface area contributed by atoms with E-state index in [1.165, 1.54) is 6.92 Å². The van der Waals surface area contributed by atoms with Crippen LogP contribution in [-0.2, 0) is 11.2 Å². The zero-order valence-corrected chi connectivity index (χ0v) is 13.6.